The lowest BCUT2D eigenvalue weighted by Gasteiger charge is -2.27. The lowest BCUT2D eigenvalue weighted by atomic mass is 10.1. The number of likely N-dealkylation sites (tertiary alicyclic amines) is 1. The maximum Gasteiger partial charge on any atom is 0.253 e. The van der Waals surface area contributed by atoms with Crippen LogP contribution in [0.15, 0.2) is 47.9 Å². The molecule has 2 N–H and O–H groups in total. The average Bonchev–Trinajstić information content (AvgIpc) is 3.43. The van der Waals surface area contributed by atoms with Crippen molar-refractivity contribution in [3.05, 3.63) is 52.7 Å². The van der Waals surface area contributed by atoms with E-state index >= 15 is 0 Å². The van der Waals surface area contributed by atoms with Crippen LogP contribution in [0, 0.1) is 0 Å². The molecule has 9 heteroatoms. The number of carbonyl (C=O) groups excluding carboxylic acids is 3. The van der Waals surface area contributed by atoms with Crippen LogP contribution < -0.4 is 10.2 Å². The van der Waals surface area contributed by atoms with Crippen LogP contribution in [-0.2, 0) is 19.1 Å². The van der Waals surface area contributed by atoms with Crippen molar-refractivity contribution in [1.82, 2.24) is 4.90 Å². The van der Waals surface area contributed by atoms with Crippen molar-refractivity contribution in [3.8, 4) is 0 Å². The Kier molecular flexibility index (Phi) is 6.45. The number of nitrogens with one attached hydrogen (secondary N) is 1. The van der Waals surface area contributed by atoms with E-state index in [1.807, 2.05) is 17.5 Å². The number of hydrogen-bond donors (Lipinski definition) is 2. The number of aliphatic hydroxyl groups is 1. The molecule has 2 aliphatic rings. The molecule has 2 atom stereocenters. The summed E-state index contributed by atoms with van der Waals surface area (Å²) in [5, 5.41) is 14.8. The van der Waals surface area contributed by atoms with Crippen molar-refractivity contribution < 1.29 is 24.2 Å². The van der Waals surface area contributed by atoms with Crippen LogP contribution in [0.5, 0.6) is 0 Å². The smallest absolute Gasteiger partial charge is 0.253 e. The Hall–Kier alpha value is -3.01. The highest BCUT2D eigenvalue weighted by atomic mass is 32.1. The van der Waals surface area contributed by atoms with Gasteiger partial charge in [-0.25, -0.2) is 0 Å². The lowest BCUT2D eigenvalue weighted by molar-refractivity contribution is -0.132. The molecule has 2 aliphatic heterocycles. The number of ether oxygens (including phenoxy) is 1. The second-order valence-electron chi connectivity index (χ2n) is 7.38. The maximum absolute atomic E-state index is 12.8. The maximum atomic E-state index is 12.8. The van der Waals surface area contributed by atoms with Crippen LogP contribution in [-0.4, -0.2) is 66.2 Å². The average molecular weight is 442 g/mol. The number of morpholine rings is 1. The predicted molar refractivity (Wildman–Crippen MR) is 118 cm³/mol. The van der Waals surface area contributed by atoms with Gasteiger partial charge in [-0.05, 0) is 41.8 Å². The minimum Gasteiger partial charge on any atom is -0.391 e. The molecular weight excluding hydrogens is 418 g/mol. The standard InChI is InChI=1S/C22H23N3O5S/c26-17-12-19(25(13-17)20(27)8-7-18-2-1-11-31-18)22(29)23-15-3-5-16(6-4-15)24-9-10-30-14-21(24)28/h1-8,11,17,19,26H,9-10,12-14H2,(H,23,29)/b8-7+/t17-,19-/m1/s1. The molecule has 8 nitrogen and oxygen atoms in total. The van der Waals surface area contributed by atoms with Crippen LogP contribution in [0.25, 0.3) is 6.08 Å². The fourth-order valence-corrected chi connectivity index (χ4v) is 4.30. The van der Waals surface area contributed by atoms with Crippen molar-refractivity contribution >= 4 is 46.5 Å². The monoisotopic (exact) mass is 441 g/mol. The summed E-state index contributed by atoms with van der Waals surface area (Å²) < 4.78 is 5.14. The largest absolute Gasteiger partial charge is 0.391 e. The summed E-state index contributed by atoms with van der Waals surface area (Å²) in [4.78, 5) is 41.4. The SMILES string of the molecule is O=C(Nc1ccc(N2CCOCC2=O)cc1)[C@H]1C[C@@H](O)CN1C(=O)/C=C/c1cccs1. The third-order valence-corrected chi connectivity index (χ3v) is 6.07. The number of rotatable bonds is 5. The third-order valence-electron chi connectivity index (χ3n) is 5.23. The van der Waals surface area contributed by atoms with Crippen molar-refractivity contribution in [1.29, 1.82) is 0 Å². The number of amides is 3. The van der Waals surface area contributed by atoms with Crippen LogP contribution in [0.3, 0.4) is 0 Å². The van der Waals surface area contributed by atoms with E-state index in [1.165, 1.54) is 22.3 Å². The molecule has 0 saturated carbocycles. The Morgan fingerprint density at radius 1 is 1.23 bits per heavy atom. The first-order valence-corrected chi connectivity index (χ1v) is 10.9. The van der Waals surface area contributed by atoms with E-state index in [-0.39, 0.29) is 37.3 Å². The highest BCUT2D eigenvalue weighted by molar-refractivity contribution is 7.10. The number of thiophene rings is 1. The van der Waals surface area contributed by atoms with Gasteiger partial charge in [-0.1, -0.05) is 6.07 Å². The Morgan fingerprint density at radius 2 is 2.03 bits per heavy atom. The zero-order chi connectivity index (χ0) is 21.8. The van der Waals surface area contributed by atoms with Gasteiger partial charge in [0.2, 0.25) is 11.8 Å². The first-order chi connectivity index (χ1) is 15.0. The van der Waals surface area contributed by atoms with Gasteiger partial charge in [0, 0.05) is 41.8 Å². The molecule has 0 aliphatic carbocycles. The molecule has 31 heavy (non-hydrogen) atoms. The van der Waals surface area contributed by atoms with Crippen LogP contribution in [0.4, 0.5) is 11.4 Å². The van der Waals surface area contributed by atoms with E-state index in [4.69, 9.17) is 4.74 Å². The Balaban J connectivity index is 1.40. The van der Waals surface area contributed by atoms with Gasteiger partial charge in [0.1, 0.15) is 12.6 Å². The molecule has 3 heterocycles. The molecule has 4 rings (SSSR count). The van der Waals surface area contributed by atoms with E-state index in [2.05, 4.69) is 5.32 Å². The third kappa shape index (κ3) is 5.01. The lowest BCUT2D eigenvalue weighted by Crippen LogP contribution is -2.42. The molecule has 2 aromatic rings. The number of carbonyl (C=O) groups is 3. The van der Waals surface area contributed by atoms with Crippen LogP contribution in [0.1, 0.15) is 11.3 Å². The fourth-order valence-electron chi connectivity index (χ4n) is 3.68. The van der Waals surface area contributed by atoms with E-state index in [0.29, 0.717) is 18.8 Å². The zero-order valence-corrected chi connectivity index (χ0v) is 17.6. The first kappa shape index (κ1) is 21.2. The molecule has 0 spiro atoms. The van der Waals surface area contributed by atoms with Crippen molar-refractivity contribution in [2.75, 3.05) is 36.5 Å². The van der Waals surface area contributed by atoms with E-state index in [1.54, 1.807) is 35.2 Å². The molecule has 3 amide bonds. The number of hydrogen-bond acceptors (Lipinski definition) is 6. The van der Waals surface area contributed by atoms with Crippen LogP contribution >= 0.6 is 11.3 Å². The van der Waals surface area contributed by atoms with Crippen molar-refractivity contribution in [2.24, 2.45) is 0 Å². The van der Waals surface area contributed by atoms with E-state index in [0.717, 1.165) is 10.6 Å². The molecular formula is C22H23N3O5S. The van der Waals surface area contributed by atoms with Gasteiger partial charge in [-0.3, -0.25) is 14.4 Å². The molecule has 162 valence electrons. The highest BCUT2D eigenvalue weighted by Crippen LogP contribution is 2.23. The van der Waals surface area contributed by atoms with Gasteiger partial charge < -0.3 is 25.0 Å². The minimum absolute atomic E-state index is 0.0628. The van der Waals surface area contributed by atoms with Gasteiger partial charge in [0.15, 0.2) is 0 Å². The summed E-state index contributed by atoms with van der Waals surface area (Å²) in [6, 6.07) is 9.98. The molecule has 2 saturated heterocycles. The van der Waals surface area contributed by atoms with Crippen molar-refractivity contribution in [3.63, 3.8) is 0 Å². The number of β-amino-alcohol motifs (C(OH)–C–C–N with tert-alkyl or cyclic N) is 1. The Morgan fingerprint density at radius 3 is 2.74 bits per heavy atom. The van der Waals surface area contributed by atoms with E-state index in [9.17, 15) is 19.5 Å². The molecule has 0 bridgehead atoms. The molecule has 2 fully saturated rings. The number of nitrogens with zero attached hydrogens (tertiary/aromatic N) is 2. The summed E-state index contributed by atoms with van der Waals surface area (Å²) >= 11 is 1.51. The number of aliphatic hydroxyl groups excluding tert-OH is 1. The fraction of sp³-hybridized carbons (Fsp3) is 0.318. The zero-order valence-electron chi connectivity index (χ0n) is 16.8. The van der Waals surface area contributed by atoms with Gasteiger partial charge in [0.25, 0.3) is 5.91 Å². The topological polar surface area (TPSA) is 99.2 Å². The van der Waals surface area contributed by atoms with Gasteiger partial charge in [-0.15, -0.1) is 11.3 Å². The highest BCUT2D eigenvalue weighted by Gasteiger charge is 2.38. The Bertz CT molecular complexity index is 974. The first-order valence-electron chi connectivity index (χ1n) is 10.0. The quantitative estimate of drug-likeness (QED) is 0.689. The number of benzene rings is 1. The summed E-state index contributed by atoms with van der Waals surface area (Å²) in [7, 11) is 0. The second-order valence-corrected chi connectivity index (χ2v) is 8.36. The minimum atomic E-state index is -0.754. The molecule has 0 radical (unpaired) electrons. The van der Waals surface area contributed by atoms with Gasteiger partial charge in [-0.2, -0.15) is 0 Å². The van der Waals surface area contributed by atoms with Gasteiger partial charge >= 0.3 is 0 Å². The summed E-state index contributed by atoms with van der Waals surface area (Å²) in [5.41, 5.74) is 1.29. The van der Waals surface area contributed by atoms with E-state index < -0.39 is 12.1 Å². The van der Waals surface area contributed by atoms with Crippen LogP contribution in [0.2, 0.25) is 0 Å². The second kappa shape index (κ2) is 9.42. The van der Waals surface area contributed by atoms with Gasteiger partial charge in [0.05, 0.1) is 12.7 Å². The summed E-state index contributed by atoms with van der Waals surface area (Å²) in [6.07, 6.45) is 2.58. The molecule has 1 aromatic heterocycles. The number of anilines is 2. The normalized spacial score (nSPS) is 21.6. The summed E-state index contributed by atoms with van der Waals surface area (Å²) in [5.74, 6) is -0.774. The Labute approximate surface area is 183 Å². The molecule has 0 unspecified atom stereocenters. The predicted octanol–water partition coefficient (Wildman–Crippen LogP) is 1.72. The van der Waals surface area contributed by atoms with Crippen molar-refractivity contribution in [2.45, 2.75) is 18.6 Å². The summed E-state index contributed by atoms with van der Waals surface area (Å²) in [6.45, 7) is 1.15. The molecule has 1 aromatic carbocycles.